The van der Waals surface area contributed by atoms with Crippen molar-refractivity contribution >= 4 is 27.7 Å². The first-order valence-corrected chi connectivity index (χ1v) is 12.8. The predicted molar refractivity (Wildman–Crippen MR) is 128 cm³/mol. The Kier molecular flexibility index (Phi) is 7.96. The molecule has 35 heavy (non-hydrogen) atoms. The molecule has 3 rings (SSSR count). The van der Waals surface area contributed by atoms with E-state index in [0.717, 1.165) is 24.8 Å². The maximum absolute atomic E-state index is 15.3. The van der Waals surface area contributed by atoms with E-state index in [4.69, 9.17) is 4.74 Å². The van der Waals surface area contributed by atoms with Crippen LogP contribution >= 0.6 is 0 Å². The van der Waals surface area contributed by atoms with Gasteiger partial charge in [0.25, 0.3) is 0 Å². The second-order valence-electron chi connectivity index (χ2n) is 8.22. The highest BCUT2D eigenvalue weighted by Crippen LogP contribution is 2.44. The number of ether oxygens (including phenoxy) is 1. The molecule has 0 fully saturated rings. The SMILES string of the molecule is CCS(=O)(=O)CC(O)(C(Nc1cccc2c1=CC=CCCC=2)c1cccc(OC)c1F)C(F)(F)F. The number of halogens is 4. The van der Waals surface area contributed by atoms with Crippen molar-refractivity contribution in [1.82, 2.24) is 0 Å². The van der Waals surface area contributed by atoms with Crippen molar-refractivity contribution in [2.75, 3.05) is 23.9 Å². The van der Waals surface area contributed by atoms with Gasteiger partial charge in [-0.15, -0.1) is 0 Å². The van der Waals surface area contributed by atoms with Crippen molar-refractivity contribution in [3.8, 4) is 5.75 Å². The van der Waals surface area contributed by atoms with Crippen LogP contribution in [0.25, 0.3) is 12.2 Å². The highest BCUT2D eigenvalue weighted by Gasteiger charge is 2.61. The van der Waals surface area contributed by atoms with E-state index in [0.29, 0.717) is 11.6 Å². The second-order valence-corrected chi connectivity index (χ2v) is 10.6. The number of benzene rings is 2. The summed E-state index contributed by atoms with van der Waals surface area (Å²) in [7, 11) is -3.20. The van der Waals surface area contributed by atoms with Crippen LogP contribution in [0.2, 0.25) is 0 Å². The zero-order valence-electron chi connectivity index (χ0n) is 19.3. The molecule has 1 aliphatic carbocycles. The molecule has 0 bridgehead atoms. The van der Waals surface area contributed by atoms with Gasteiger partial charge in [0.1, 0.15) is 0 Å². The van der Waals surface area contributed by atoms with Crippen LogP contribution in [-0.4, -0.2) is 43.9 Å². The quantitative estimate of drug-likeness (QED) is 0.528. The molecule has 0 heterocycles. The molecule has 5 nitrogen and oxygen atoms in total. The number of allylic oxidation sites excluding steroid dienone is 2. The van der Waals surface area contributed by atoms with Crippen molar-refractivity contribution in [2.24, 2.45) is 0 Å². The number of nitrogens with one attached hydrogen (secondary N) is 1. The van der Waals surface area contributed by atoms with Gasteiger partial charge < -0.3 is 15.2 Å². The number of hydrogen-bond acceptors (Lipinski definition) is 5. The number of fused-ring (bicyclic) bond motifs is 1. The summed E-state index contributed by atoms with van der Waals surface area (Å²) < 4.78 is 88.3. The third kappa shape index (κ3) is 5.70. The fourth-order valence-corrected chi connectivity index (χ4v) is 5.16. The Morgan fingerprint density at radius 3 is 2.51 bits per heavy atom. The monoisotopic (exact) mass is 513 g/mol. The van der Waals surface area contributed by atoms with Crippen LogP contribution in [0.3, 0.4) is 0 Å². The Balaban J connectivity index is 2.31. The normalized spacial score (nSPS) is 16.5. The molecular weight excluding hydrogens is 486 g/mol. The fraction of sp³-hybridized carbons (Fsp3) is 0.360. The molecule has 0 saturated carbocycles. The van der Waals surface area contributed by atoms with Crippen molar-refractivity contribution in [2.45, 2.75) is 37.6 Å². The van der Waals surface area contributed by atoms with Gasteiger partial charge in [-0.25, -0.2) is 12.8 Å². The van der Waals surface area contributed by atoms with E-state index in [9.17, 15) is 26.7 Å². The number of aliphatic hydroxyl groups is 1. The Morgan fingerprint density at radius 2 is 1.86 bits per heavy atom. The smallest absolute Gasteiger partial charge is 0.420 e. The third-order valence-electron chi connectivity index (χ3n) is 5.91. The van der Waals surface area contributed by atoms with Gasteiger partial charge in [0.2, 0.25) is 0 Å². The molecule has 2 atom stereocenters. The van der Waals surface area contributed by atoms with E-state index < -0.39 is 50.5 Å². The average Bonchev–Trinajstić information content (AvgIpc) is 2.77. The molecule has 10 heteroatoms. The summed E-state index contributed by atoms with van der Waals surface area (Å²) >= 11 is 0. The fourth-order valence-electron chi connectivity index (χ4n) is 3.95. The lowest BCUT2D eigenvalue weighted by molar-refractivity contribution is -0.257. The summed E-state index contributed by atoms with van der Waals surface area (Å²) in [6, 6.07) is 6.24. The maximum Gasteiger partial charge on any atom is 0.420 e. The summed E-state index contributed by atoms with van der Waals surface area (Å²) in [6.07, 6.45) is 3.33. The van der Waals surface area contributed by atoms with Crippen LogP contribution < -0.4 is 20.5 Å². The van der Waals surface area contributed by atoms with E-state index in [1.54, 1.807) is 24.3 Å². The first-order valence-electron chi connectivity index (χ1n) is 11.0. The Morgan fingerprint density at radius 1 is 1.14 bits per heavy atom. The van der Waals surface area contributed by atoms with Crippen LogP contribution in [0.5, 0.6) is 5.75 Å². The van der Waals surface area contributed by atoms with E-state index in [2.05, 4.69) is 5.32 Å². The number of sulfone groups is 1. The number of methoxy groups -OCH3 is 1. The van der Waals surface area contributed by atoms with Crippen molar-refractivity contribution in [3.63, 3.8) is 0 Å². The summed E-state index contributed by atoms with van der Waals surface area (Å²) in [6.45, 7) is 1.18. The molecule has 2 N–H and O–H groups in total. The van der Waals surface area contributed by atoms with Crippen LogP contribution in [-0.2, 0) is 9.84 Å². The zero-order valence-corrected chi connectivity index (χ0v) is 20.1. The Bertz CT molecular complexity index is 1320. The summed E-state index contributed by atoms with van der Waals surface area (Å²) in [5, 5.41) is 15.0. The summed E-state index contributed by atoms with van der Waals surface area (Å²) in [4.78, 5) is 0. The highest BCUT2D eigenvalue weighted by atomic mass is 32.2. The number of anilines is 1. The average molecular weight is 514 g/mol. The zero-order chi connectivity index (χ0) is 25.9. The molecule has 0 amide bonds. The van der Waals surface area contributed by atoms with Gasteiger partial charge in [-0.1, -0.05) is 55.5 Å². The molecule has 190 valence electrons. The third-order valence-corrected chi connectivity index (χ3v) is 7.67. The van der Waals surface area contributed by atoms with Gasteiger partial charge in [-0.3, -0.25) is 0 Å². The van der Waals surface area contributed by atoms with Crippen LogP contribution in [0.1, 0.15) is 31.4 Å². The van der Waals surface area contributed by atoms with Crippen molar-refractivity contribution < 1.29 is 35.8 Å². The van der Waals surface area contributed by atoms with E-state index in [1.165, 1.54) is 25.1 Å². The van der Waals surface area contributed by atoms with Crippen molar-refractivity contribution in [3.05, 3.63) is 70.4 Å². The van der Waals surface area contributed by atoms with Gasteiger partial charge in [-0.2, -0.15) is 13.2 Å². The molecule has 2 unspecified atom stereocenters. The second kappa shape index (κ2) is 10.4. The Labute approximate surface area is 201 Å². The number of rotatable bonds is 8. The van der Waals surface area contributed by atoms with Gasteiger partial charge in [-0.05, 0) is 30.2 Å². The lowest BCUT2D eigenvalue weighted by atomic mass is 9.88. The standard InChI is InChI=1S/C25H27F4NO4S/c1-3-35(32,33)16-24(31,25(27,28)29)23(19-13-9-15-21(34-2)22(19)26)30-20-14-8-11-17-10-6-4-5-7-12-18(17)20/h5,7-15,23,30-31H,3-4,6,16H2,1-2H3. The topological polar surface area (TPSA) is 75.6 Å². The van der Waals surface area contributed by atoms with Gasteiger partial charge in [0.05, 0.1) is 18.9 Å². The molecule has 0 aromatic heterocycles. The molecule has 1 aliphatic rings. The first kappa shape index (κ1) is 26.7. The van der Waals surface area contributed by atoms with Crippen LogP contribution in [0.15, 0.2) is 48.6 Å². The number of hydrogen-bond donors (Lipinski definition) is 2. The van der Waals surface area contributed by atoms with E-state index >= 15 is 4.39 Å². The van der Waals surface area contributed by atoms with Crippen molar-refractivity contribution in [1.29, 1.82) is 0 Å². The van der Waals surface area contributed by atoms with Gasteiger partial charge in [0, 0.05) is 22.2 Å². The van der Waals surface area contributed by atoms with Crippen LogP contribution in [0.4, 0.5) is 23.2 Å². The lowest BCUT2D eigenvalue weighted by Gasteiger charge is -2.38. The van der Waals surface area contributed by atoms with E-state index in [1.807, 2.05) is 12.2 Å². The first-order chi connectivity index (χ1) is 16.4. The van der Waals surface area contributed by atoms with Gasteiger partial charge >= 0.3 is 6.18 Å². The maximum atomic E-state index is 15.3. The van der Waals surface area contributed by atoms with Crippen LogP contribution in [0, 0.1) is 5.82 Å². The lowest BCUT2D eigenvalue weighted by Crippen LogP contribution is -2.57. The van der Waals surface area contributed by atoms with E-state index in [-0.39, 0.29) is 11.4 Å². The summed E-state index contributed by atoms with van der Waals surface area (Å²) in [5.41, 5.74) is -4.27. The molecule has 0 aliphatic heterocycles. The Hall–Kier alpha value is -2.85. The molecule has 2 aromatic carbocycles. The summed E-state index contributed by atoms with van der Waals surface area (Å²) in [5.74, 6) is -3.77. The molecule has 0 radical (unpaired) electrons. The minimum Gasteiger partial charge on any atom is -0.494 e. The largest absolute Gasteiger partial charge is 0.494 e. The molecule has 0 saturated heterocycles. The molecule has 0 spiro atoms. The molecular formula is C25H27F4NO4S. The number of alkyl halides is 3. The predicted octanol–water partition coefficient (Wildman–Crippen LogP) is 3.63. The molecule has 2 aromatic rings. The highest BCUT2D eigenvalue weighted by molar-refractivity contribution is 7.91. The minimum atomic E-state index is -5.43. The minimum absolute atomic E-state index is 0.175. The van der Waals surface area contributed by atoms with Gasteiger partial charge in [0.15, 0.2) is 27.0 Å².